The lowest BCUT2D eigenvalue weighted by Gasteiger charge is -2.18. The summed E-state index contributed by atoms with van der Waals surface area (Å²) in [5.41, 5.74) is 1.62. The molecule has 94 valence electrons. The van der Waals surface area contributed by atoms with E-state index in [0.29, 0.717) is 16.0 Å². The van der Waals surface area contributed by atoms with Gasteiger partial charge >= 0.3 is 0 Å². The first-order valence-electron chi connectivity index (χ1n) is 5.68. The van der Waals surface area contributed by atoms with Gasteiger partial charge in [0.15, 0.2) is 5.82 Å². The van der Waals surface area contributed by atoms with E-state index >= 15 is 0 Å². The van der Waals surface area contributed by atoms with Crippen molar-refractivity contribution in [2.24, 2.45) is 0 Å². The van der Waals surface area contributed by atoms with Crippen LogP contribution < -0.4 is 0 Å². The highest BCUT2D eigenvalue weighted by Gasteiger charge is 2.18. The van der Waals surface area contributed by atoms with Crippen LogP contribution in [0.5, 0.6) is 0 Å². The molecule has 4 heteroatoms. The van der Waals surface area contributed by atoms with Crippen molar-refractivity contribution in [2.45, 2.75) is 26.2 Å². The molecule has 1 heterocycles. The summed E-state index contributed by atoms with van der Waals surface area (Å²) in [5, 5.41) is 1.06. The van der Waals surface area contributed by atoms with E-state index < -0.39 is 0 Å². The zero-order valence-electron chi connectivity index (χ0n) is 10.5. The maximum Gasteiger partial charge on any atom is 0.162 e. The lowest BCUT2D eigenvalue weighted by atomic mass is 9.92. The molecule has 0 fully saturated rings. The van der Waals surface area contributed by atoms with E-state index in [4.69, 9.17) is 23.2 Å². The third-order valence-corrected chi connectivity index (χ3v) is 3.10. The predicted molar refractivity (Wildman–Crippen MR) is 76.2 cm³/mol. The summed E-state index contributed by atoms with van der Waals surface area (Å²) in [7, 11) is 0. The van der Waals surface area contributed by atoms with Crippen molar-refractivity contribution in [3.8, 4) is 11.4 Å². The fourth-order valence-corrected chi connectivity index (χ4v) is 1.97. The molecule has 0 amide bonds. The van der Waals surface area contributed by atoms with Crippen molar-refractivity contribution in [2.75, 3.05) is 0 Å². The molecule has 1 aromatic carbocycles. The van der Waals surface area contributed by atoms with Crippen molar-refractivity contribution >= 4 is 23.2 Å². The zero-order valence-corrected chi connectivity index (χ0v) is 12.0. The summed E-state index contributed by atoms with van der Waals surface area (Å²) < 4.78 is 0. The molecule has 0 unspecified atom stereocenters. The number of hydrogen-bond acceptors (Lipinski definition) is 2. The Bertz CT molecular complexity index is 574. The van der Waals surface area contributed by atoms with Crippen molar-refractivity contribution in [3.63, 3.8) is 0 Å². The largest absolute Gasteiger partial charge is 0.232 e. The fraction of sp³-hybridized carbons (Fsp3) is 0.286. The maximum atomic E-state index is 6.15. The van der Waals surface area contributed by atoms with Gasteiger partial charge in [0.25, 0.3) is 0 Å². The average molecular weight is 281 g/mol. The summed E-state index contributed by atoms with van der Waals surface area (Å²) in [5.74, 6) is 0.568. The molecule has 0 aliphatic rings. The summed E-state index contributed by atoms with van der Waals surface area (Å²) >= 11 is 12.2. The topological polar surface area (TPSA) is 25.8 Å². The molecule has 0 saturated heterocycles. The van der Waals surface area contributed by atoms with Crippen LogP contribution in [0, 0.1) is 0 Å². The van der Waals surface area contributed by atoms with Gasteiger partial charge in [-0.1, -0.05) is 56.1 Å². The van der Waals surface area contributed by atoms with E-state index in [2.05, 4.69) is 30.7 Å². The number of rotatable bonds is 1. The highest BCUT2D eigenvalue weighted by molar-refractivity contribution is 6.33. The van der Waals surface area contributed by atoms with Gasteiger partial charge in [-0.2, -0.15) is 0 Å². The Labute approximate surface area is 117 Å². The Morgan fingerprint density at radius 3 is 2.28 bits per heavy atom. The lowest BCUT2D eigenvalue weighted by molar-refractivity contribution is 0.568. The van der Waals surface area contributed by atoms with Crippen molar-refractivity contribution in [1.29, 1.82) is 0 Å². The van der Waals surface area contributed by atoms with E-state index in [-0.39, 0.29) is 5.41 Å². The van der Waals surface area contributed by atoms with Crippen LogP contribution in [-0.4, -0.2) is 9.97 Å². The van der Waals surface area contributed by atoms with Crippen molar-refractivity contribution in [3.05, 3.63) is 46.2 Å². The third-order valence-electron chi connectivity index (χ3n) is 2.58. The molecule has 2 aromatic rings. The van der Waals surface area contributed by atoms with Crippen LogP contribution in [0.4, 0.5) is 0 Å². The van der Waals surface area contributed by atoms with Gasteiger partial charge < -0.3 is 0 Å². The number of hydrogen-bond donors (Lipinski definition) is 0. The van der Waals surface area contributed by atoms with Crippen LogP contribution in [0.3, 0.4) is 0 Å². The first-order chi connectivity index (χ1) is 8.38. The van der Waals surface area contributed by atoms with Gasteiger partial charge in [-0.25, -0.2) is 9.97 Å². The number of halogens is 2. The van der Waals surface area contributed by atoms with Crippen LogP contribution in [0.25, 0.3) is 11.4 Å². The van der Waals surface area contributed by atoms with E-state index in [9.17, 15) is 0 Å². The normalized spacial score (nSPS) is 11.6. The molecule has 0 aliphatic heterocycles. The lowest BCUT2D eigenvalue weighted by Crippen LogP contribution is -2.14. The first kappa shape index (κ1) is 13.3. The molecule has 0 saturated carbocycles. The third kappa shape index (κ3) is 2.82. The summed E-state index contributed by atoms with van der Waals surface area (Å²) in [6.07, 6.45) is 0. The van der Waals surface area contributed by atoms with Gasteiger partial charge in [-0.05, 0) is 18.2 Å². The quantitative estimate of drug-likeness (QED) is 0.705. The van der Waals surface area contributed by atoms with Crippen LogP contribution in [0.2, 0.25) is 10.2 Å². The van der Waals surface area contributed by atoms with Gasteiger partial charge in [0.2, 0.25) is 0 Å². The minimum Gasteiger partial charge on any atom is -0.232 e. The van der Waals surface area contributed by atoms with Crippen LogP contribution >= 0.6 is 23.2 Å². The molecule has 0 spiro atoms. The Balaban J connectivity index is 2.60. The molecule has 0 radical (unpaired) electrons. The van der Waals surface area contributed by atoms with E-state index in [0.717, 1.165) is 11.3 Å². The smallest absolute Gasteiger partial charge is 0.162 e. The van der Waals surface area contributed by atoms with Crippen LogP contribution in [0.1, 0.15) is 26.5 Å². The van der Waals surface area contributed by atoms with Crippen LogP contribution in [-0.2, 0) is 5.41 Å². The van der Waals surface area contributed by atoms with E-state index in [1.165, 1.54) is 0 Å². The van der Waals surface area contributed by atoms with Gasteiger partial charge in [0.05, 0.1) is 10.7 Å². The minimum atomic E-state index is -0.0808. The summed E-state index contributed by atoms with van der Waals surface area (Å²) in [6, 6.07) is 9.28. The first-order valence-corrected chi connectivity index (χ1v) is 6.43. The highest BCUT2D eigenvalue weighted by Crippen LogP contribution is 2.29. The molecule has 0 atom stereocenters. The van der Waals surface area contributed by atoms with E-state index in [1.807, 2.05) is 24.3 Å². The number of benzene rings is 1. The summed E-state index contributed by atoms with van der Waals surface area (Å²) in [4.78, 5) is 8.80. The molecule has 18 heavy (non-hydrogen) atoms. The van der Waals surface area contributed by atoms with Gasteiger partial charge in [0.1, 0.15) is 5.15 Å². The standard InChI is InChI=1S/C14H14Cl2N2/c1-14(2,3)11-8-12(16)18-13(17-11)9-6-4-5-7-10(9)15/h4-8H,1-3H3. The van der Waals surface area contributed by atoms with Crippen molar-refractivity contribution in [1.82, 2.24) is 9.97 Å². The van der Waals surface area contributed by atoms with Crippen molar-refractivity contribution < 1.29 is 0 Å². The molecule has 0 bridgehead atoms. The second-order valence-electron chi connectivity index (χ2n) is 5.13. The van der Waals surface area contributed by atoms with Gasteiger partial charge in [-0.3, -0.25) is 0 Å². The van der Waals surface area contributed by atoms with Gasteiger partial charge in [0, 0.05) is 11.0 Å². The number of nitrogens with zero attached hydrogens (tertiary/aromatic N) is 2. The minimum absolute atomic E-state index is 0.0808. The molecule has 0 aliphatic carbocycles. The number of aromatic nitrogens is 2. The second kappa shape index (κ2) is 4.87. The molecule has 1 aromatic heterocycles. The Morgan fingerprint density at radius 2 is 1.67 bits per heavy atom. The predicted octanol–water partition coefficient (Wildman–Crippen LogP) is 4.75. The second-order valence-corrected chi connectivity index (χ2v) is 5.92. The Kier molecular flexibility index (Phi) is 3.60. The monoisotopic (exact) mass is 280 g/mol. The molecular weight excluding hydrogens is 267 g/mol. The highest BCUT2D eigenvalue weighted by atomic mass is 35.5. The average Bonchev–Trinajstić information content (AvgIpc) is 2.27. The summed E-state index contributed by atoms with van der Waals surface area (Å²) in [6.45, 7) is 6.26. The maximum absolute atomic E-state index is 6.15. The Hall–Kier alpha value is -1.12. The molecular formula is C14H14Cl2N2. The molecule has 2 nitrogen and oxygen atoms in total. The fourth-order valence-electron chi connectivity index (χ4n) is 1.56. The Morgan fingerprint density at radius 1 is 1.00 bits per heavy atom. The zero-order chi connectivity index (χ0) is 13.3. The molecule has 2 rings (SSSR count). The molecule has 0 N–H and O–H groups in total. The van der Waals surface area contributed by atoms with Crippen LogP contribution in [0.15, 0.2) is 30.3 Å². The van der Waals surface area contributed by atoms with Gasteiger partial charge in [-0.15, -0.1) is 0 Å². The van der Waals surface area contributed by atoms with E-state index in [1.54, 1.807) is 6.07 Å². The SMILES string of the molecule is CC(C)(C)c1cc(Cl)nc(-c2ccccc2Cl)n1.